The van der Waals surface area contributed by atoms with Crippen molar-refractivity contribution in [2.24, 2.45) is 7.05 Å². The number of hydrogen-bond acceptors (Lipinski definition) is 0. The Hall–Kier alpha value is -2.80. The first-order valence-electron chi connectivity index (χ1n) is 9.47. The number of aromatic nitrogens is 1. The Morgan fingerprint density at radius 1 is 0.462 bits per heavy atom. The van der Waals surface area contributed by atoms with E-state index in [-0.39, 0.29) is 0 Å². The summed E-state index contributed by atoms with van der Waals surface area (Å²) < 4.78 is 2.47. The van der Waals surface area contributed by atoms with Gasteiger partial charge in [-0.2, -0.15) is 0 Å². The third kappa shape index (κ3) is 2.31. The predicted octanol–water partition coefficient (Wildman–Crippen LogP) is 5.86. The summed E-state index contributed by atoms with van der Waals surface area (Å²) in [5.74, 6) is 1.43. The monoisotopic (exact) mass is 337 g/mol. The molecule has 1 heteroatoms. The third-order valence-corrected chi connectivity index (χ3v) is 5.85. The van der Waals surface area contributed by atoms with E-state index in [1.807, 2.05) is 0 Å². The average molecular weight is 337 g/mol. The maximum Gasteiger partial charge on any atom is 0.0361 e. The molecule has 1 nitrogen and oxygen atoms in total. The van der Waals surface area contributed by atoms with E-state index >= 15 is 0 Å². The highest BCUT2D eigenvalue weighted by molar-refractivity contribution is 5.58. The summed E-state index contributed by atoms with van der Waals surface area (Å²) in [5.41, 5.74) is 5.85. The molecule has 0 aliphatic heterocycles. The van der Waals surface area contributed by atoms with Gasteiger partial charge in [0.1, 0.15) is 0 Å². The van der Waals surface area contributed by atoms with Gasteiger partial charge in [0, 0.05) is 42.1 Å². The smallest absolute Gasteiger partial charge is 0.0361 e. The van der Waals surface area contributed by atoms with E-state index < -0.39 is 0 Å². The van der Waals surface area contributed by atoms with Crippen molar-refractivity contribution in [1.29, 1.82) is 0 Å². The van der Waals surface area contributed by atoms with E-state index in [1.54, 1.807) is 0 Å². The topological polar surface area (TPSA) is 4.93 Å². The van der Waals surface area contributed by atoms with Crippen LogP contribution in [0.2, 0.25) is 0 Å². The fourth-order valence-electron chi connectivity index (χ4n) is 4.75. The normalized spacial score (nSPS) is 21.7. The van der Waals surface area contributed by atoms with Gasteiger partial charge in [0.2, 0.25) is 0 Å². The van der Waals surface area contributed by atoms with Crippen LogP contribution in [0.1, 0.15) is 46.2 Å². The molecule has 4 aliphatic carbocycles. The Kier molecular flexibility index (Phi) is 3.67. The quantitative estimate of drug-likeness (QED) is 0.648. The number of rotatable bonds is 4. The molecule has 0 amide bonds. The zero-order chi connectivity index (χ0) is 17.5. The lowest BCUT2D eigenvalue weighted by Gasteiger charge is -2.17. The molecule has 0 atom stereocenters. The summed E-state index contributed by atoms with van der Waals surface area (Å²) in [6, 6.07) is 0. The Morgan fingerprint density at radius 3 is 1.04 bits per heavy atom. The van der Waals surface area contributed by atoms with Gasteiger partial charge in [-0.3, -0.25) is 0 Å². The average Bonchev–Trinajstić information content (AvgIpc) is 3.44. The minimum atomic E-state index is 0.355. The van der Waals surface area contributed by atoms with Gasteiger partial charge in [-0.05, 0) is 11.1 Å². The molecule has 0 bridgehead atoms. The molecule has 1 heterocycles. The van der Waals surface area contributed by atoms with Crippen LogP contribution >= 0.6 is 0 Å². The van der Waals surface area contributed by atoms with Crippen molar-refractivity contribution in [2.75, 3.05) is 0 Å². The number of hydrogen-bond donors (Lipinski definition) is 0. The summed E-state index contributed by atoms with van der Waals surface area (Å²) in [6.45, 7) is 0. The van der Waals surface area contributed by atoms with Crippen molar-refractivity contribution < 1.29 is 0 Å². The zero-order valence-corrected chi connectivity index (χ0v) is 15.0. The second-order valence-electron chi connectivity index (χ2n) is 7.34. The number of allylic oxidation sites excluding steroid dienone is 16. The van der Waals surface area contributed by atoms with Crippen LogP contribution in [-0.2, 0) is 7.05 Å². The Labute approximate surface area is 155 Å². The lowest BCUT2D eigenvalue weighted by molar-refractivity contribution is 0.752. The minimum absolute atomic E-state index is 0.355. The van der Waals surface area contributed by atoms with Crippen LogP contribution in [0, 0.1) is 0 Å². The summed E-state index contributed by atoms with van der Waals surface area (Å²) in [7, 11) is 2.25. The molecule has 0 unspecified atom stereocenters. The minimum Gasteiger partial charge on any atom is -0.349 e. The van der Waals surface area contributed by atoms with E-state index in [1.165, 1.54) is 22.5 Å². The second kappa shape index (κ2) is 6.17. The molecule has 5 rings (SSSR count). The largest absolute Gasteiger partial charge is 0.349 e. The zero-order valence-electron chi connectivity index (χ0n) is 15.0. The first-order chi connectivity index (χ1) is 12.8. The molecule has 1 aromatic heterocycles. The third-order valence-electron chi connectivity index (χ3n) is 5.85. The summed E-state index contributed by atoms with van der Waals surface area (Å²) in [4.78, 5) is 0. The van der Waals surface area contributed by atoms with Gasteiger partial charge in [-0.1, -0.05) is 97.2 Å². The molecule has 0 spiro atoms. The highest BCUT2D eigenvalue weighted by atomic mass is 15.0. The Morgan fingerprint density at radius 2 is 0.731 bits per heavy atom. The first-order valence-corrected chi connectivity index (χ1v) is 9.47. The van der Waals surface area contributed by atoms with E-state index in [0.717, 1.165) is 0 Å². The molecular formula is C25H23N. The van der Waals surface area contributed by atoms with Crippen LogP contribution in [0.4, 0.5) is 0 Å². The fourth-order valence-corrected chi connectivity index (χ4v) is 4.75. The number of nitrogens with zero attached hydrogens (tertiary/aromatic N) is 1. The molecule has 26 heavy (non-hydrogen) atoms. The molecule has 0 aromatic carbocycles. The summed E-state index contributed by atoms with van der Waals surface area (Å²) >= 11 is 0. The molecule has 0 fully saturated rings. The van der Waals surface area contributed by atoms with Crippen LogP contribution in [0.15, 0.2) is 97.2 Å². The van der Waals surface area contributed by atoms with Crippen molar-refractivity contribution in [3.05, 3.63) is 120 Å². The van der Waals surface area contributed by atoms with Crippen molar-refractivity contribution in [1.82, 2.24) is 4.57 Å². The molecule has 0 saturated carbocycles. The van der Waals surface area contributed by atoms with Gasteiger partial charge in [0.15, 0.2) is 0 Å². The van der Waals surface area contributed by atoms with Crippen molar-refractivity contribution in [3.63, 3.8) is 0 Å². The van der Waals surface area contributed by atoms with E-state index in [4.69, 9.17) is 0 Å². The van der Waals surface area contributed by atoms with Gasteiger partial charge in [0.05, 0.1) is 0 Å². The van der Waals surface area contributed by atoms with Crippen molar-refractivity contribution in [3.8, 4) is 0 Å². The van der Waals surface area contributed by atoms with Crippen LogP contribution in [-0.4, -0.2) is 4.57 Å². The van der Waals surface area contributed by atoms with Crippen molar-refractivity contribution in [2.45, 2.75) is 23.7 Å². The van der Waals surface area contributed by atoms with Crippen molar-refractivity contribution >= 4 is 0 Å². The molecule has 1 aromatic rings. The van der Waals surface area contributed by atoms with Gasteiger partial charge in [-0.15, -0.1) is 0 Å². The van der Waals surface area contributed by atoms with Gasteiger partial charge in [0.25, 0.3) is 0 Å². The lowest BCUT2D eigenvalue weighted by Crippen LogP contribution is -2.07. The molecular weight excluding hydrogens is 314 g/mol. The molecule has 0 radical (unpaired) electrons. The van der Waals surface area contributed by atoms with E-state index in [2.05, 4.69) is 109 Å². The van der Waals surface area contributed by atoms with Gasteiger partial charge in [-0.25, -0.2) is 0 Å². The van der Waals surface area contributed by atoms with Gasteiger partial charge < -0.3 is 4.57 Å². The van der Waals surface area contributed by atoms with Gasteiger partial charge >= 0.3 is 0 Å². The standard InChI is InChI=1S/C25H23N/c1-26-24(20-14-6-7-15-20)22(18-10-2-3-11-18)23(19-12-4-5-13-19)25(26)21-16-8-9-17-21/h2-21H,1H3. The summed E-state index contributed by atoms with van der Waals surface area (Å²) in [6.07, 6.45) is 36.0. The lowest BCUT2D eigenvalue weighted by atomic mass is 9.84. The molecule has 4 aliphatic rings. The molecule has 128 valence electrons. The Bertz CT molecular complexity index is 843. The fraction of sp³-hybridized carbons (Fsp3) is 0.200. The SMILES string of the molecule is Cn1c(C2C=CC=C2)c(C2C=CC=C2)c(C2C=CC=C2)c1C1C=CC=C1. The van der Waals surface area contributed by atoms with Crippen LogP contribution in [0.25, 0.3) is 0 Å². The second-order valence-corrected chi connectivity index (χ2v) is 7.34. The van der Waals surface area contributed by atoms with Crippen LogP contribution in [0.3, 0.4) is 0 Å². The summed E-state index contributed by atoms with van der Waals surface area (Å²) in [5, 5.41) is 0. The Balaban J connectivity index is 1.80. The molecule has 0 saturated heterocycles. The maximum absolute atomic E-state index is 2.47. The predicted molar refractivity (Wildman–Crippen MR) is 109 cm³/mol. The first kappa shape index (κ1) is 15.5. The van der Waals surface area contributed by atoms with Crippen LogP contribution in [0.5, 0.6) is 0 Å². The highest BCUT2D eigenvalue weighted by Gasteiger charge is 2.33. The van der Waals surface area contributed by atoms with E-state index in [0.29, 0.717) is 23.7 Å². The van der Waals surface area contributed by atoms with Crippen LogP contribution < -0.4 is 0 Å². The van der Waals surface area contributed by atoms with E-state index in [9.17, 15) is 0 Å². The molecule has 0 N–H and O–H groups in total. The maximum atomic E-state index is 2.47. The highest BCUT2D eigenvalue weighted by Crippen LogP contribution is 2.46.